The molecule has 28 heavy (non-hydrogen) atoms. The maximum Gasteiger partial charge on any atom is 0.282 e. The van der Waals surface area contributed by atoms with Crippen LogP contribution in [0, 0.1) is 0 Å². The van der Waals surface area contributed by atoms with E-state index in [1.54, 1.807) is 12.3 Å². The van der Waals surface area contributed by atoms with Crippen LogP contribution in [0.25, 0.3) is 10.9 Å². The number of aryl methyl sites for hydroxylation is 1. The van der Waals surface area contributed by atoms with Crippen molar-refractivity contribution in [3.8, 4) is 5.75 Å². The van der Waals surface area contributed by atoms with Gasteiger partial charge in [-0.2, -0.15) is 9.78 Å². The van der Waals surface area contributed by atoms with E-state index >= 15 is 0 Å². The van der Waals surface area contributed by atoms with E-state index in [0.29, 0.717) is 23.1 Å². The van der Waals surface area contributed by atoms with Gasteiger partial charge < -0.3 is 4.74 Å². The molecule has 0 amide bonds. The molecule has 0 fully saturated rings. The summed E-state index contributed by atoms with van der Waals surface area (Å²) in [7, 11) is 0. The van der Waals surface area contributed by atoms with Crippen LogP contribution in [0.15, 0.2) is 56.8 Å². The molecule has 0 unspecified atom stereocenters. The molecule has 3 aromatic rings. The monoisotopic (exact) mass is 441 g/mol. The lowest BCUT2D eigenvalue weighted by Crippen LogP contribution is -2.22. The van der Waals surface area contributed by atoms with Gasteiger partial charge in [-0.1, -0.05) is 41.9 Å². The number of benzene rings is 2. The van der Waals surface area contributed by atoms with E-state index in [-0.39, 0.29) is 11.7 Å². The van der Waals surface area contributed by atoms with E-state index in [0.717, 1.165) is 28.6 Å². The van der Waals surface area contributed by atoms with Gasteiger partial charge in [-0.25, -0.2) is 4.98 Å². The molecule has 0 saturated heterocycles. The molecule has 146 valence electrons. The van der Waals surface area contributed by atoms with Gasteiger partial charge in [0.1, 0.15) is 11.6 Å². The summed E-state index contributed by atoms with van der Waals surface area (Å²) in [6, 6.07) is 13.2. The van der Waals surface area contributed by atoms with Crippen LogP contribution in [0.2, 0.25) is 0 Å². The second-order valence-electron chi connectivity index (χ2n) is 6.68. The van der Waals surface area contributed by atoms with Crippen molar-refractivity contribution in [2.24, 2.45) is 5.10 Å². The van der Waals surface area contributed by atoms with Gasteiger partial charge >= 0.3 is 0 Å². The molecule has 3 rings (SSSR count). The Hall–Kier alpha value is -2.47. The molecular formula is C22H24BrN3O2. The van der Waals surface area contributed by atoms with Crippen LogP contribution in [0.5, 0.6) is 5.75 Å². The minimum atomic E-state index is -0.175. The number of para-hydroxylation sites is 1. The molecule has 1 aromatic heterocycles. The lowest BCUT2D eigenvalue weighted by atomic mass is 10.2. The lowest BCUT2D eigenvalue weighted by Gasteiger charge is -2.14. The number of rotatable bonds is 7. The highest BCUT2D eigenvalue weighted by Gasteiger charge is 2.11. The summed E-state index contributed by atoms with van der Waals surface area (Å²) in [5, 5.41) is 5.03. The molecule has 0 bridgehead atoms. The summed E-state index contributed by atoms with van der Waals surface area (Å²) < 4.78 is 8.22. The summed E-state index contributed by atoms with van der Waals surface area (Å²) in [5.74, 6) is 1.40. The van der Waals surface area contributed by atoms with Crippen LogP contribution in [0.1, 0.15) is 45.0 Å². The Labute approximate surface area is 173 Å². The quantitative estimate of drug-likeness (QED) is 0.475. The predicted molar refractivity (Wildman–Crippen MR) is 118 cm³/mol. The fraction of sp³-hybridized carbons (Fsp3) is 0.318. The van der Waals surface area contributed by atoms with Crippen molar-refractivity contribution in [1.29, 1.82) is 0 Å². The fourth-order valence-electron chi connectivity index (χ4n) is 2.81. The van der Waals surface area contributed by atoms with Gasteiger partial charge in [-0.05, 0) is 50.1 Å². The number of halogens is 1. The first-order valence-corrected chi connectivity index (χ1v) is 10.3. The smallest absolute Gasteiger partial charge is 0.282 e. The summed E-state index contributed by atoms with van der Waals surface area (Å²) in [5.41, 5.74) is 1.33. The zero-order chi connectivity index (χ0) is 20.1. The Morgan fingerprint density at radius 3 is 2.79 bits per heavy atom. The molecule has 1 atom stereocenters. The topological polar surface area (TPSA) is 56.5 Å². The van der Waals surface area contributed by atoms with Crippen LogP contribution < -0.4 is 10.3 Å². The molecule has 0 aliphatic carbocycles. The van der Waals surface area contributed by atoms with E-state index in [1.165, 1.54) is 4.68 Å². The van der Waals surface area contributed by atoms with Crippen molar-refractivity contribution in [3.05, 3.63) is 68.7 Å². The highest BCUT2D eigenvalue weighted by atomic mass is 79.9. The van der Waals surface area contributed by atoms with E-state index in [9.17, 15) is 4.79 Å². The van der Waals surface area contributed by atoms with Crippen molar-refractivity contribution in [3.63, 3.8) is 0 Å². The third-order valence-electron chi connectivity index (χ3n) is 4.48. The van der Waals surface area contributed by atoms with Gasteiger partial charge in [0.05, 0.1) is 23.2 Å². The molecule has 0 aliphatic rings. The predicted octanol–water partition coefficient (Wildman–Crippen LogP) is 5.17. The van der Waals surface area contributed by atoms with E-state index < -0.39 is 0 Å². The molecule has 0 N–H and O–H groups in total. The maximum absolute atomic E-state index is 13.1. The first-order valence-electron chi connectivity index (χ1n) is 9.54. The molecule has 0 spiro atoms. The molecule has 0 saturated carbocycles. The fourth-order valence-corrected chi connectivity index (χ4v) is 3.17. The van der Waals surface area contributed by atoms with Crippen LogP contribution in [-0.2, 0) is 6.42 Å². The molecule has 2 aromatic carbocycles. The third kappa shape index (κ3) is 4.50. The molecule has 5 nitrogen and oxygen atoms in total. The molecule has 1 heterocycles. The summed E-state index contributed by atoms with van der Waals surface area (Å²) in [4.78, 5) is 17.7. The highest BCUT2D eigenvalue weighted by Crippen LogP contribution is 2.19. The minimum absolute atomic E-state index is 0.104. The van der Waals surface area contributed by atoms with Crippen LogP contribution in [-0.4, -0.2) is 22.0 Å². The number of hydrogen-bond donors (Lipinski definition) is 0. The Balaban J connectivity index is 2.08. The standard InChI is InChI=1S/C22H24BrN3O2/c1-4-8-21-25-19-12-11-17(23)13-18(19)22(27)26(21)24-14-16-9-6-7-10-20(16)28-15(3)5-2/h6-7,9-15H,4-5,8H2,1-3H3/t15-/m0/s1. The van der Waals surface area contributed by atoms with Gasteiger partial charge in [0, 0.05) is 16.5 Å². The molecule has 0 radical (unpaired) electrons. The van der Waals surface area contributed by atoms with Crippen molar-refractivity contribution in [1.82, 2.24) is 9.66 Å². The summed E-state index contributed by atoms with van der Waals surface area (Å²) >= 11 is 3.42. The lowest BCUT2D eigenvalue weighted by molar-refractivity contribution is 0.217. The van der Waals surface area contributed by atoms with E-state index in [1.807, 2.05) is 43.3 Å². The second-order valence-corrected chi connectivity index (χ2v) is 7.59. The van der Waals surface area contributed by atoms with Crippen LogP contribution in [0.4, 0.5) is 0 Å². The average Bonchev–Trinajstić information content (AvgIpc) is 2.69. The minimum Gasteiger partial charge on any atom is -0.490 e. The van der Waals surface area contributed by atoms with Gasteiger partial charge in [-0.3, -0.25) is 4.79 Å². The highest BCUT2D eigenvalue weighted by molar-refractivity contribution is 9.10. The van der Waals surface area contributed by atoms with Crippen molar-refractivity contribution in [2.75, 3.05) is 0 Å². The third-order valence-corrected chi connectivity index (χ3v) is 4.98. The number of fused-ring (bicyclic) bond motifs is 1. The first kappa shape index (κ1) is 20.3. The van der Waals surface area contributed by atoms with Gasteiger partial charge in [0.2, 0.25) is 0 Å². The summed E-state index contributed by atoms with van der Waals surface area (Å²) in [6.45, 7) is 6.17. The number of aromatic nitrogens is 2. The van der Waals surface area contributed by atoms with Gasteiger partial charge in [0.25, 0.3) is 5.56 Å². The van der Waals surface area contributed by atoms with Crippen molar-refractivity contribution >= 4 is 33.0 Å². The van der Waals surface area contributed by atoms with E-state index in [2.05, 4.69) is 39.9 Å². The van der Waals surface area contributed by atoms with Crippen LogP contribution >= 0.6 is 15.9 Å². The Morgan fingerprint density at radius 2 is 2.04 bits per heavy atom. The van der Waals surface area contributed by atoms with Gasteiger partial charge in [-0.15, -0.1) is 0 Å². The molecular weight excluding hydrogens is 418 g/mol. The zero-order valence-electron chi connectivity index (χ0n) is 16.4. The maximum atomic E-state index is 13.1. The Bertz CT molecular complexity index is 1060. The average molecular weight is 442 g/mol. The normalized spacial score (nSPS) is 12.6. The molecule has 6 heteroatoms. The Kier molecular flexibility index (Phi) is 6.62. The Morgan fingerprint density at radius 1 is 1.25 bits per heavy atom. The van der Waals surface area contributed by atoms with E-state index in [4.69, 9.17) is 4.74 Å². The largest absolute Gasteiger partial charge is 0.490 e. The number of nitrogens with zero attached hydrogens (tertiary/aromatic N) is 3. The number of hydrogen-bond acceptors (Lipinski definition) is 4. The first-order chi connectivity index (χ1) is 13.5. The second kappa shape index (κ2) is 9.15. The van der Waals surface area contributed by atoms with Gasteiger partial charge in [0.15, 0.2) is 0 Å². The zero-order valence-corrected chi connectivity index (χ0v) is 17.9. The molecule has 0 aliphatic heterocycles. The summed E-state index contributed by atoms with van der Waals surface area (Å²) in [6.07, 6.45) is 4.23. The van der Waals surface area contributed by atoms with Crippen molar-refractivity contribution < 1.29 is 4.74 Å². The number of ether oxygens (including phenoxy) is 1. The van der Waals surface area contributed by atoms with Crippen LogP contribution in [0.3, 0.4) is 0 Å². The van der Waals surface area contributed by atoms with Crippen molar-refractivity contribution in [2.45, 2.75) is 46.1 Å². The SMILES string of the molecule is CCCc1nc2ccc(Br)cc2c(=O)n1N=Cc1ccccc1O[C@@H](C)CC.